The molecule has 19 heavy (non-hydrogen) atoms. The van der Waals surface area contributed by atoms with E-state index in [1.54, 1.807) is 29.2 Å². The fraction of sp³-hybridized carbons (Fsp3) is 0.333. The molecule has 1 aliphatic rings. The summed E-state index contributed by atoms with van der Waals surface area (Å²) in [7, 11) is 0. The first-order valence-corrected chi connectivity index (χ1v) is 6.01. The standard InChI is InChI=1S/C12H13N5O2/c18-7-9-5-16(6-9)12(19)10-1-3-11(4-2-10)17-8-13-14-15-17/h1-4,8-9,18H,5-7H2. The third-order valence-electron chi connectivity index (χ3n) is 3.23. The summed E-state index contributed by atoms with van der Waals surface area (Å²) in [6.45, 7) is 1.40. The summed E-state index contributed by atoms with van der Waals surface area (Å²) in [5.41, 5.74) is 1.44. The predicted molar refractivity (Wildman–Crippen MR) is 65.6 cm³/mol. The molecule has 1 saturated heterocycles. The van der Waals surface area contributed by atoms with Crippen molar-refractivity contribution in [2.45, 2.75) is 0 Å². The van der Waals surface area contributed by atoms with Crippen molar-refractivity contribution in [3.8, 4) is 5.69 Å². The molecule has 3 rings (SSSR count). The van der Waals surface area contributed by atoms with E-state index >= 15 is 0 Å². The second-order valence-corrected chi connectivity index (χ2v) is 4.56. The van der Waals surface area contributed by atoms with Crippen molar-refractivity contribution in [1.29, 1.82) is 0 Å². The number of amides is 1. The minimum Gasteiger partial charge on any atom is -0.396 e. The molecule has 2 aromatic rings. The molecule has 7 nitrogen and oxygen atoms in total. The summed E-state index contributed by atoms with van der Waals surface area (Å²) in [6.07, 6.45) is 1.50. The molecule has 98 valence electrons. The van der Waals surface area contributed by atoms with Gasteiger partial charge in [-0.25, -0.2) is 4.68 Å². The molecule has 0 aliphatic carbocycles. The fourth-order valence-electron chi connectivity index (χ4n) is 2.07. The minimum atomic E-state index is -0.00651. The van der Waals surface area contributed by atoms with E-state index in [9.17, 15) is 4.79 Å². The number of aliphatic hydroxyl groups excluding tert-OH is 1. The summed E-state index contributed by atoms with van der Waals surface area (Å²) < 4.78 is 1.53. The van der Waals surface area contributed by atoms with Gasteiger partial charge in [0.25, 0.3) is 5.91 Å². The van der Waals surface area contributed by atoms with Crippen molar-refractivity contribution in [3.63, 3.8) is 0 Å². The lowest BCUT2D eigenvalue weighted by Gasteiger charge is -2.38. The Kier molecular flexibility index (Phi) is 2.96. The second-order valence-electron chi connectivity index (χ2n) is 4.56. The number of aliphatic hydroxyl groups is 1. The number of hydrogen-bond acceptors (Lipinski definition) is 5. The van der Waals surface area contributed by atoms with Crippen LogP contribution in [0.1, 0.15) is 10.4 Å². The first-order chi connectivity index (χ1) is 9.28. The van der Waals surface area contributed by atoms with Crippen LogP contribution in [0.2, 0.25) is 0 Å². The summed E-state index contributed by atoms with van der Waals surface area (Å²) in [5, 5.41) is 19.8. The van der Waals surface area contributed by atoms with Crippen LogP contribution in [-0.2, 0) is 0 Å². The highest BCUT2D eigenvalue weighted by molar-refractivity contribution is 5.94. The number of benzene rings is 1. The number of aromatic nitrogens is 4. The Morgan fingerprint density at radius 1 is 1.32 bits per heavy atom. The summed E-state index contributed by atoms with van der Waals surface area (Å²) in [4.78, 5) is 13.8. The largest absolute Gasteiger partial charge is 0.396 e. The number of carbonyl (C=O) groups excluding carboxylic acids is 1. The Balaban J connectivity index is 1.71. The van der Waals surface area contributed by atoms with Gasteiger partial charge < -0.3 is 10.0 Å². The number of tetrazole rings is 1. The molecule has 2 heterocycles. The highest BCUT2D eigenvalue weighted by Gasteiger charge is 2.30. The van der Waals surface area contributed by atoms with Crippen LogP contribution in [0, 0.1) is 5.92 Å². The van der Waals surface area contributed by atoms with Crippen LogP contribution in [0.5, 0.6) is 0 Å². The molecule has 1 aromatic heterocycles. The molecule has 0 spiro atoms. The molecule has 1 fully saturated rings. The van der Waals surface area contributed by atoms with Gasteiger partial charge in [-0.05, 0) is 34.7 Å². The van der Waals surface area contributed by atoms with Gasteiger partial charge >= 0.3 is 0 Å². The number of carbonyl (C=O) groups is 1. The van der Waals surface area contributed by atoms with E-state index in [-0.39, 0.29) is 18.4 Å². The molecule has 0 bridgehead atoms. The van der Waals surface area contributed by atoms with Crippen LogP contribution >= 0.6 is 0 Å². The van der Waals surface area contributed by atoms with Gasteiger partial charge in [-0.2, -0.15) is 0 Å². The van der Waals surface area contributed by atoms with E-state index in [4.69, 9.17) is 5.11 Å². The molecule has 7 heteroatoms. The van der Waals surface area contributed by atoms with Crippen LogP contribution in [0.25, 0.3) is 5.69 Å². The van der Waals surface area contributed by atoms with Crippen molar-refractivity contribution in [2.75, 3.05) is 19.7 Å². The van der Waals surface area contributed by atoms with Gasteiger partial charge in [-0.1, -0.05) is 0 Å². The smallest absolute Gasteiger partial charge is 0.253 e. The Morgan fingerprint density at radius 2 is 2.05 bits per heavy atom. The van der Waals surface area contributed by atoms with E-state index in [1.165, 1.54) is 11.0 Å². The van der Waals surface area contributed by atoms with Crippen LogP contribution in [0.4, 0.5) is 0 Å². The molecular weight excluding hydrogens is 246 g/mol. The van der Waals surface area contributed by atoms with Crippen LogP contribution in [0.3, 0.4) is 0 Å². The van der Waals surface area contributed by atoms with Crippen molar-refractivity contribution in [3.05, 3.63) is 36.2 Å². The van der Waals surface area contributed by atoms with E-state index in [1.807, 2.05) is 0 Å². The maximum atomic E-state index is 12.1. The highest BCUT2D eigenvalue weighted by atomic mass is 16.3. The molecule has 1 aromatic carbocycles. The Labute approximate surface area is 109 Å². The Morgan fingerprint density at radius 3 is 2.63 bits per heavy atom. The molecular formula is C12H13N5O2. The molecule has 1 N–H and O–H groups in total. The highest BCUT2D eigenvalue weighted by Crippen LogP contribution is 2.18. The van der Waals surface area contributed by atoms with Crippen molar-refractivity contribution < 1.29 is 9.90 Å². The zero-order valence-corrected chi connectivity index (χ0v) is 10.2. The maximum absolute atomic E-state index is 12.1. The lowest BCUT2D eigenvalue weighted by molar-refractivity contribution is 0.0362. The predicted octanol–water partition coefficient (Wildman–Crippen LogP) is -0.273. The molecule has 0 atom stereocenters. The number of nitrogens with zero attached hydrogens (tertiary/aromatic N) is 5. The van der Waals surface area contributed by atoms with E-state index < -0.39 is 0 Å². The fourth-order valence-corrected chi connectivity index (χ4v) is 2.07. The van der Waals surface area contributed by atoms with Crippen LogP contribution in [-0.4, -0.2) is 55.8 Å². The van der Waals surface area contributed by atoms with E-state index in [0.29, 0.717) is 18.7 Å². The number of likely N-dealkylation sites (tertiary alicyclic amines) is 1. The van der Waals surface area contributed by atoms with Crippen molar-refractivity contribution in [2.24, 2.45) is 5.92 Å². The molecule has 0 unspecified atom stereocenters. The van der Waals surface area contributed by atoms with Gasteiger partial charge in [0.05, 0.1) is 5.69 Å². The van der Waals surface area contributed by atoms with Gasteiger partial charge in [0.2, 0.25) is 0 Å². The lowest BCUT2D eigenvalue weighted by atomic mass is 10.00. The Bertz CT molecular complexity index is 560. The molecule has 0 saturated carbocycles. The first kappa shape index (κ1) is 11.8. The van der Waals surface area contributed by atoms with Crippen LogP contribution < -0.4 is 0 Å². The van der Waals surface area contributed by atoms with Gasteiger partial charge in [0.1, 0.15) is 6.33 Å². The monoisotopic (exact) mass is 259 g/mol. The average molecular weight is 259 g/mol. The number of rotatable bonds is 3. The zero-order valence-electron chi connectivity index (χ0n) is 10.2. The topological polar surface area (TPSA) is 84.1 Å². The molecule has 1 aliphatic heterocycles. The van der Waals surface area contributed by atoms with Gasteiger partial charge in [-0.15, -0.1) is 5.10 Å². The zero-order chi connectivity index (χ0) is 13.2. The summed E-state index contributed by atoms with van der Waals surface area (Å²) in [6, 6.07) is 7.11. The molecule has 0 radical (unpaired) electrons. The average Bonchev–Trinajstić information content (AvgIpc) is 2.91. The van der Waals surface area contributed by atoms with Crippen molar-refractivity contribution >= 4 is 5.91 Å². The molecule has 1 amide bonds. The quantitative estimate of drug-likeness (QED) is 0.820. The summed E-state index contributed by atoms with van der Waals surface area (Å²) in [5.74, 6) is 0.220. The maximum Gasteiger partial charge on any atom is 0.253 e. The SMILES string of the molecule is O=C(c1ccc(-n2cnnn2)cc1)N1CC(CO)C1. The normalized spacial score (nSPS) is 15.3. The Hall–Kier alpha value is -2.28. The van der Waals surface area contributed by atoms with Gasteiger partial charge in [-0.3, -0.25) is 4.79 Å². The van der Waals surface area contributed by atoms with Gasteiger partial charge in [0, 0.05) is 31.2 Å². The van der Waals surface area contributed by atoms with Crippen molar-refractivity contribution in [1.82, 2.24) is 25.1 Å². The van der Waals surface area contributed by atoms with Crippen LogP contribution in [0.15, 0.2) is 30.6 Å². The van der Waals surface area contributed by atoms with E-state index in [2.05, 4.69) is 15.5 Å². The second kappa shape index (κ2) is 4.77. The number of hydrogen-bond donors (Lipinski definition) is 1. The third kappa shape index (κ3) is 2.19. The first-order valence-electron chi connectivity index (χ1n) is 6.01. The van der Waals surface area contributed by atoms with E-state index in [0.717, 1.165) is 5.69 Å². The summed E-state index contributed by atoms with van der Waals surface area (Å²) >= 11 is 0. The van der Waals surface area contributed by atoms with Gasteiger partial charge in [0.15, 0.2) is 0 Å². The minimum absolute atomic E-state index is 0.00651. The lowest BCUT2D eigenvalue weighted by Crippen LogP contribution is -2.51. The third-order valence-corrected chi connectivity index (χ3v) is 3.23.